The molecule has 0 aliphatic heterocycles. The fraction of sp³-hybridized carbons (Fsp3) is 0.714. The van der Waals surface area contributed by atoms with Gasteiger partial charge < -0.3 is 9.16 Å². The maximum absolute atomic E-state index is 12.2. The van der Waals surface area contributed by atoms with Crippen LogP contribution in [-0.2, 0) is 9.16 Å². The lowest BCUT2D eigenvalue weighted by molar-refractivity contribution is -0.0737. The Balaban J connectivity index is 3.83. The minimum Gasteiger partial charge on any atom is -0.499 e. The molecule has 0 aromatic rings. The predicted octanol–water partition coefficient (Wildman–Crippen LogP) is 2.47. The van der Waals surface area contributed by atoms with Crippen molar-refractivity contribution in [3.63, 3.8) is 0 Å². The summed E-state index contributed by atoms with van der Waals surface area (Å²) in [5.41, 5.74) is 0. The molecular formula is C7H13F3O2Si. The molecule has 0 aliphatic carbocycles. The Kier molecular flexibility index (Phi) is 4.49. The molecule has 13 heavy (non-hydrogen) atoms. The van der Waals surface area contributed by atoms with Crippen LogP contribution in [0.4, 0.5) is 13.2 Å². The third-order valence-electron chi connectivity index (χ3n) is 1.46. The monoisotopic (exact) mass is 214 g/mol. The molecule has 0 aromatic carbocycles. The molecule has 78 valence electrons. The van der Waals surface area contributed by atoms with E-state index in [1.807, 2.05) is 0 Å². The van der Waals surface area contributed by atoms with Gasteiger partial charge in [0.2, 0.25) is 0 Å². The number of alkyl halides is 3. The van der Waals surface area contributed by atoms with Crippen LogP contribution in [0.2, 0.25) is 13.1 Å². The highest BCUT2D eigenvalue weighted by molar-refractivity contribution is 6.73. The number of ether oxygens (including phenoxy) is 1. The Hall–Kier alpha value is -0.493. The summed E-state index contributed by atoms with van der Waals surface area (Å²) in [6.07, 6.45) is 1.17. The zero-order valence-corrected chi connectivity index (χ0v) is 8.65. The zero-order valence-electron chi connectivity index (χ0n) is 7.65. The highest BCUT2D eigenvalue weighted by Crippen LogP contribution is 2.28. The van der Waals surface area contributed by atoms with Gasteiger partial charge in [0.1, 0.15) is 6.61 Å². The minimum absolute atomic E-state index is 0.0508. The van der Waals surface area contributed by atoms with Crippen LogP contribution in [0.15, 0.2) is 12.8 Å². The van der Waals surface area contributed by atoms with E-state index in [4.69, 9.17) is 4.43 Å². The largest absolute Gasteiger partial charge is 0.499 e. The zero-order chi connectivity index (χ0) is 10.5. The van der Waals surface area contributed by atoms with Crippen LogP contribution < -0.4 is 0 Å². The summed E-state index contributed by atoms with van der Waals surface area (Å²) < 4.78 is 46.0. The summed E-state index contributed by atoms with van der Waals surface area (Å²) in [7, 11) is -3.57. The van der Waals surface area contributed by atoms with Crippen LogP contribution in [0.5, 0.6) is 0 Å². The van der Waals surface area contributed by atoms with E-state index in [2.05, 4.69) is 11.3 Å². The fourth-order valence-corrected chi connectivity index (χ4v) is 1.27. The van der Waals surface area contributed by atoms with Gasteiger partial charge in [-0.15, -0.1) is 0 Å². The molecule has 0 saturated heterocycles. The predicted molar refractivity (Wildman–Crippen MR) is 45.6 cm³/mol. The molecule has 0 rings (SSSR count). The van der Waals surface area contributed by atoms with Gasteiger partial charge in [-0.25, -0.2) is 0 Å². The molecule has 0 aliphatic rings. The molecule has 0 unspecified atom stereocenters. The molecule has 6 heteroatoms. The summed E-state index contributed by atoms with van der Waals surface area (Å²) in [5.74, 6) is -4.22. The van der Waals surface area contributed by atoms with Crippen molar-refractivity contribution < 1.29 is 22.3 Å². The summed E-state index contributed by atoms with van der Waals surface area (Å²) in [6, 6.07) is 0. The van der Waals surface area contributed by atoms with Gasteiger partial charge in [0.05, 0.1) is 12.9 Å². The highest BCUT2D eigenvalue weighted by Gasteiger charge is 2.51. The third kappa shape index (κ3) is 4.32. The normalized spacial score (nSPS) is 12.7. The summed E-state index contributed by atoms with van der Waals surface area (Å²) >= 11 is 0. The molecule has 0 heterocycles. The Labute approximate surface area is 76.5 Å². The topological polar surface area (TPSA) is 18.5 Å². The van der Waals surface area contributed by atoms with Crippen LogP contribution in [0, 0.1) is 0 Å². The van der Waals surface area contributed by atoms with Crippen molar-refractivity contribution in [3.8, 4) is 0 Å². The average Bonchev–Trinajstić information content (AvgIpc) is 1.96. The summed E-state index contributed by atoms with van der Waals surface area (Å²) in [4.78, 5) is 0. The summed E-state index contributed by atoms with van der Waals surface area (Å²) in [5, 5.41) is 0. The molecule has 2 nitrogen and oxygen atoms in total. The molecule has 0 amide bonds. The third-order valence-corrected chi connectivity index (χ3v) is 3.76. The van der Waals surface area contributed by atoms with Gasteiger partial charge in [-0.2, -0.15) is 13.2 Å². The second kappa shape index (κ2) is 4.66. The van der Waals surface area contributed by atoms with Crippen molar-refractivity contribution >= 4 is 8.32 Å². The van der Waals surface area contributed by atoms with Gasteiger partial charge in [0.25, 0.3) is 0 Å². The molecule has 0 aromatic heterocycles. The maximum atomic E-state index is 12.2. The smallest absolute Gasteiger partial charge is 0.388 e. The molecular weight excluding hydrogens is 201 g/mol. The standard InChI is InChI=1S/C7H13F3O2Si/c1-4-11-5-6-12-13(2,3)7(8,9)10/h4H,1,5-6H2,2-3H3. The van der Waals surface area contributed by atoms with Crippen molar-refractivity contribution in [3.05, 3.63) is 12.8 Å². The number of hydrogen-bond acceptors (Lipinski definition) is 2. The van der Waals surface area contributed by atoms with E-state index in [-0.39, 0.29) is 13.2 Å². The number of rotatable bonds is 5. The molecule has 0 fully saturated rings. The lowest BCUT2D eigenvalue weighted by atomic mass is 10.8. The van der Waals surface area contributed by atoms with Crippen molar-refractivity contribution in [2.24, 2.45) is 0 Å². The molecule has 0 N–H and O–H groups in total. The van der Waals surface area contributed by atoms with E-state index < -0.39 is 14.1 Å². The minimum atomic E-state index is -4.22. The van der Waals surface area contributed by atoms with Crippen LogP contribution in [0.3, 0.4) is 0 Å². The van der Waals surface area contributed by atoms with Gasteiger partial charge >= 0.3 is 14.1 Å². The quantitative estimate of drug-likeness (QED) is 0.397. The number of halogens is 3. The van der Waals surface area contributed by atoms with Crippen molar-refractivity contribution in [2.45, 2.75) is 18.9 Å². The second-order valence-electron chi connectivity index (χ2n) is 2.89. The van der Waals surface area contributed by atoms with Gasteiger partial charge in [0, 0.05) is 0 Å². The second-order valence-corrected chi connectivity index (χ2v) is 6.77. The lowest BCUT2D eigenvalue weighted by Gasteiger charge is -2.24. The molecule has 0 bridgehead atoms. The molecule has 0 saturated carbocycles. The first-order valence-corrected chi connectivity index (χ1v) is 6.65. The van der Waals surface area contributed by atoms with E-state index in [9.17, 15) is 13.2 Å². The first-order chi connectivity index (χ1) is 5.81. The molecule has 0 radical (unpaired) electrons. The van der Waals surface area contributed by atoms with E-state index in [1.54, 1.807) is 0 Å². The average molecular weight is 214 g/mol. The molecule has 0 spiro atoms. The maximum Gasteiger partial charge on any atom is 0.388 e. The van der Waals surface area contributed by atoms with Crippen LogP contribution in [-0.4, -0.2) is 27.3 Å². The van der Waals surface area contributed by atoms with Crippen molar-refractivity contribution in [1.82, 2.24) is 0 Å². The number of hydrogen-bond donors (Lipinski definition) is 0. The van der Waals surface area contributed by atoms with Gasteiger partial charge in [-0.3, -0.25) is 0 Å². The summed E-state index contributed by atoms with van der Waals surface area (Å²) in [6.45, 7) is 5.54. The lowest BCUT2D eigenvalue weighted by Crippen LogP contribution is -2.48. The first-order valence-electron chi connectivity index (χ1n) is 3.74. The Morgan fingerprint density at radius 3 is 2.23 bits per heavy atom. The first kappa shape index (κ1) is 12.5. The van der Waals surface area contributed by atoms with Gasteiger partial charge in [-0.05, 0) is 13.1 Å². The fourth-order valence-electron chi connectivity index (χ4n) is 0.510. The Bertz CT molecular complexity index is 168. The van der Waals surface area contributed by atoms with Crippen molar-refractivity contribution in [1.29, 1.82) is 0 Å². The van der Waals surface area contributed by atoms with E-state index in [1.165, 1.54) is 6.26 Å². The highest BCUT2D eigenvalue weighted by atomic mass is 28.4. The van der Waals surface area contributed by atoms with E-state index in [0.29, 0.717) is 0 Å². The molecule has 0 atom stereocenters. The van der Waals surface area contributed by atoms with E-state index in [0.717, 1.165) is 13.1 Å². The Morgan fingerprint density at radius 2 is 1.85 bits per heavy atom. The van der Waals surface area contributed by atoms with Gasteiger partial charge in [-0.1, -0.05) is 6.58 Å². The van der Waals surface area contributed by atoms with Gasteiger partial charge in [0.15, 0.2) is 0 Å². The van der Waals surface area contributed by atoms with E-state index >= 15 is 0 Å². The van der Waals surface area contributed by atoms with Crippen LogP contribution >= 0.6 is 0 Å². The van der Waals surface area contributed by atoms with Crippen molar-refractivity contribution in [2.75, 3.05) is 13.2 Å². The van der Waals surface area contributed by atoms with Crippen LogP contribution in [0.1, 0.15) is 0 Å². The Morgan fingerprint density at radius 1 is 1.31 bits per heavy atom. The van der Waals surface area contributed by atoms with Crippen LogP contribution in [0.25, 0.3) is 0 Å². The SMILES string of the molecule is C=COCCO[Si](C)(C)C(F)(F)F.